The molecule has 0 radical (unpaired) electrons. The Morgan fingerprint density at radius 1 is 0.185 bits per heavy atom. The average Bonchev–Trinajstić information content (AvgIpc) is 3.25. The molecule has 0 aliphatic carbocycles. The molecule has 11 rings (SSSR count). The van der Waals surface area contributed by atoms with Gasteiger partial charge in [0.25, 0.3) is 0 Å². The van der Waals surface area contributed by atoms with Crippen LogP contribution in [-0.4, -0.2) is 0 Å². The van der Waals surface area contributed by atoms with Crippen LogP contribution in [0, 0.1) is 0 Å². The smallest absolute Gasteiger partial charge is 0.00199 e. The standard InChI is InChI=1S/C54H34/c1-2-15-35(16-3-1)38-17-14-18-39(33-38)53-48-27-12-10-25-46(48)52(47-26-11-13-28-49(47)53)37-31-29-36(30-32-37)50-34-51-42-21-5-4-19-40(42)41-20-6-8-23-44(41)54(51)45-24-9-7-22-43(45)50/h1-34H. The third-order valence-electron chi connectivity index (χ3n) is 11.4. The van der Waals surface area contributed by atoms with Crippen molar-refractivity contribution < 1.29 is 0 Å². The quantitative estimate of drug-likeness (QED) is 0.128. The molecule has 0 heterocycles. The molecule has 250 valence electrons. The molecule has 0 fully saturated rings. The molecular formula is C54H34. The largest absolute Gasteiger partial charge is 0.0622 e. The maximum Gasteiger partial charge on any atom is -0.00199 e. The van der Waals surface area contributed by atoms with Gasteiger partial charge in [0.15, 0.2) is 0 Å². The van der Waals surface area contributed by atoms with Gasteiger partial charge in [-0.05, 0) is 121 Å². The summed E-state index contributed by atoms with van der Waals surface area (Å²) in [5, 5.41) is 15.4. The van der Waals surface area contributed by atoms with E-state index in [4.69, 9.17) is 0 Å². The van der Waals surface area contributed by atoms with Crippen molar-refractivity contribution in [1.82, 2.24) is 0 Å². The number of hydrogen-bond donors (Lipinski definition) is 0. The van der Waals surface area contributed by atoms with Crippen LogP contribution in [0.5, 0.6) is 0 Å². The minimum absolute atomic E-state index is 1.22. The van der Waals surface area contributed by atoms with Crippen LogP contribution in [0.15, 0.2) is 206 Å². The molecular weight excluding hydrogens is 649 g/mol. The van der Waals surface area contributed by atoms with Gasteiger partial charge in [0.2, 0.25) is 0 Å². The normalized spacial score (nSPS) is 11.7. The van der Waals surface area contributed by atoms with Crippen LogP contribution in [0.25, 0.3) is 109 Å². The highest BCUT2D eigenvalue weighted by Crippen LogP contribution is 2.46. The van der Waals surface area contributed by atoms with Gasteiger partial charge in [-0.15, -0.1) is 0 Å². The molecule has 0 aromatic heterocycles. The summed E-state index contributed by atoms with van der Waals surface area (Å²) in [6.45, 7) is 0. The van der Waals surface area contributed by atoms with Crippen molar-refractivity contribution in [2.45, 2.75) is 0 Å². The summed E-state index contributed by atoms with van der Waals surface area (Å²) in [5.74, 6) is 0. The van der Waals surface area contributed by atoms with Crippen molar-refractivity contribution >= 4 is 64.6 Å². The first-order valence-electron chi connectivity index (χ1n) is 18.8. The highest BCUT2D eigenvalue weighted by atomic mass is 14.2. The average molecular weight is 683 g/mol. The van der Waals surface area contributed by atoms with Crippen LogP contribution in [0.2, 0.25) is 0 Å². The highest BCUT2D eigenvalue weighted by Gasteiger charge is 2.18. The highest BCUT2D eigenvalue weighted by molar-refractivity contribution is 6.33. The minimum atomic E-state index is 1.22. The van der Waals surface area contributed by atoms with E-state index in [-0.39, 0.29) is 0 Å². The van der Waals surface area contributed by atoms with Gasteiger partial charge in [0, 0.05) is 0 Å². The first-order valence-corrected chi connectivity index (χ1v) is 18.8. The number of fused-ring (bicyclic) bond motifs is 10. The lowest BCUT2D eigenvalue weighted by atomic mass is 9.84. The molecule has 11 aromatic rings. The molecule has 0 amide bonds. The van der Waals surface area contributed by atoms with Crippen molar-refractivity contribution in [3.63, 3.8) is 0 Å². The third-order valence-corrected chi connectivity index (χ3v) is 11.4. The zero-order valence-electron chi connectivity index (χ0n) is 29.6. The van der Waals surface area contributed by atoms with E-state index in [1.54, 1.807) is 0 Å². The van der Waals surface area contributed by atoms with E-state index in [1.807, 2.05) is 0 Å². The van der Waals surface area contributed by atoms with Crippen molar-refractivity contribution in [1.29, 1.82) is 0 Å². The summed E-state index contributed by atoms with van der Waals surface area (Å²) in [6, 6.07) is 76.0. The van der Waals surface area contributed by atoms with Gasteiger partial charge in [-0.1, -0.05) is 194 Å². The van der Waals surface area contributed by atoms with Gasteiger partial charge >= 0.3 is 0 Å². The molecule has 0 atom stereocenters. The maximum absolute atomic E-state index is 2.44. The molecule has 11 aromatic carbocycles. The number of benzene rings is 11. The van der Waals surface area contributed by atoms with Gasteiger partial charge in [-0.25, -0.2) is 0 Å². The summed E-state index contributed by atoms with van der Waals surface area (Å²) in [4.78, 5) is 0. The monoisotopic (exact) mass is 682 g/mol. The molecule has 0 spiro atoms. The molecule has 54 heavy (non-hydrogen) atoms. The fraction of sp³-hybridized carbons (Fsp3) is 0. The van der Waals surface area contributed by atoms with Crippen LogP contribution >= 0.6 is 0 Å². The summed E-state index contributed by atoms with van der Waals surface area (Å²) < 4.78 is 0. The number of rotatable bonds is 4. The van der Waals surface area contributed by atoms with Crippen LogP contribution in [-0.2, 0) is 0 Å². The Hall–Kier alpha value is -7.02. The van der Waals surface area contributed by atoms with Crippen LogP contribution < -0.4 is 0 Å². The second kappa shape index (κ2) is 12.3. The van der Waals surface area contributed by atoms with E-state index in [1.165, 1.54) is 109 Å². The summed E-state index contributed by atoms with van der Waals surface area (Å²) in [6.07, 6.45) is 0. The Balaban J connectivity index is 1.12. The Kier molecular flexibility index (Phi) is 6.97. The second-order valence-electron chi connectivity index (χ2n) is 14.3. The van der Waals surface area contributed by atoms with Crippen LogP contribution in [0.3, 0.4) is 0 Å². The van der Waals surface area contributed by atoms with Gasteiger partial charge in [-0.2, -0.15) is 0 Å². The van der Waals surface area contributed by atoms with Crippen molar-refractivity contribution in [3.05, 3.63) is 206 Å². The van der Waals surface area contributed by atoms with E-state index in [0.29, 0.717) is 0 Å². The molecule has 0 heteroatoms. The first-order chi connectivity index (χ1) is 26.8. The first kappa shape index (κ1) is 30.6. The fourth-order valence-electron chi connectivity index (χ4n) is 9.06. The molecule has 0 saturated carbocycles. The van der Waals surface area contributed by atoms with E-state index < -0.39 is 0 Å². The SMILES string of the molecule is c1ccc(-c2cccc(-c3c4ccccc4c(-c4ccc(-c5cc6c7ccccc7c7ccccc7c6c6ccccc56)cc4)c4ccccc34)c2)cc1. The topological polar surface area (TPSA) is 0 Å². The summed E-state index contributed by atoms with van der Waals surface area (Å²) >= 11 is 0. The van der Waals surface area contributed by atoms with Crippen molar-refractivity contribution in [2.75, 3.05) is 0 Å². The van der Waals surface area contributed by atoms with E-state index >= 15 is 0 Å². The Labute approximate surface area is 314 Å². The lowest BCUT2D eigenvalue weighted by molar-refractivity contribution is 1.61. The molecule has 0 N–H and O–H groups in total. The predicted octanol–water partition coefficient (Wildman–Crippen LogP) is 15.3. The van der Waals surface area contributed by atoms with E-state index in [2.05, 4.69) is 206 Å². The van der Waals surface area contributed by atoms with Gasteiger partial charge < -0.3 is 0 Å². The fourth-order valence-corrected chi connectivity index (χ4v) is 9.06. The third kappa shape index (κ3) is 4.71. The molecule has 0 aliphatic heterocycles. The molecule has 0 saturated heterocycles. The summed E-state index contributed by atoms with van der Waals surface area (Å²) in [7, 11) is 0. The molecule has 0 aliphatic rings. The van der Waals surface area contributed by atoms with Gasteiger partial charge in [-0.3, -0.25) is 0 Å². The van der Waals surface area contributed by atoms with Gasteiger partial charge in [0.05, 0.1) is 0 Å². The van der Waals surface area contributed by atoms with E-state index in [9.17, 15) is 0 Å². The predicted molar refractivity (Wildman–Crippen MR) is 233 cm³/mol. The Morgan fingerprint density at radius 3 is 1.17 bits per heavy atom. The molecule has 0 unspecified atom stereocenters. The van der Waals surface area contributed by atoms with E-state index in [0.717, 1.165) is 0 Å². The second-order valence-corrected chi connectivity index (χ2v) is 14.3. The molecule has 0 bridgehead atoms. The summed E-state index contributed by atoms with van der Waals surface area (Å²) in [5.41, 5.74) is 9.93. The lowest BCUT2D eigenvalue weighted by Crippen LogP contribution is -1.91. The minimum Gasteiger partial charge on any atom is -0.0622 e. The molecule has 0 nitrogen and oxygen atoms in total. The maximum atomic E-state index is 2.44. The van der Waals surface area contributed by atoms with Gasteiger partial charge in [0.1, 0.15) is 0 Å². The zero-order valence-corrected chi connectivity index (χ0v) is 29.6. The van der Waals surface area contributed by atoms with Crippen molar-refractivity contribution in [3.8, 4) is 44.5 Å². The Bertz CT molecular complexity index is 3180. The lowest BCUT2D eigenvalue weighted by Gasteiger charge is -2.19. The van der Waals surface area contributed by atoms with Crippen LogP contribution in [0.1, 0.15) is 0 Å². The number of hydrogen-bond acceptors (Lipinski definition) is 0. The van der Waals surface area contributed by atoms with Crippen LogP contribution in [0.4, 0.5) is 0 Å². The van der Waals surface area contributed by atoms with Crippen molar-refractivity contribution in [2.24, 2.45) is 0 Å². The zero-order chi connectivity index (χ0) is 35.6. The Morgan fingerprint density at radius 2 is 0.574 bits per heavy atom.